The Morgan fingerprint density at radius 2 is 2.04 bits per heavy atom. The van der Waals surface area contributed by atoms with E-state index in [9.17, 15) is 4.79 Å². The lowest BCUT2D eigenvalue weighted by atomic mass is 10.2. The van der Waals surface area contributed by atoms with Gasteiger partial charge in [0.25, 0.3) is 0 Å². The molecular formula is C17H23ClN4O. The monoisotopic (exact) mass is 334 g/mol. The summed E-state index contributed by atoms with van der Waals surface area (Å²) < 4.78 is 1.86. The van der Waals surface area contributed by atoms with Gasteiger partial charge in [0.15, 0.2) is 0 Å². The van der Waals surface area contributed by atoms with Crippen LogP contribution in [-0.4, -0.2) is 21.9 Å². The predicted octanol–water partition coefficient (Wildman–Crippen LogP) is 4.12. The summed E-state index contributed by atoms with van der Waals surface area (Å²) in [6.45, 7) is 8.40. The van der Waals surface area contributed by atoms with Gasteiger partial charge in [-0.05, 0) is 38.8 Å². The molecule has 0 radical (unpaired) electrons. The molecule has 1 aromatic carbocycles. The highest BCUT2D eigenvalue weighted by molar-refractivity contribution is 6.31. The fraction of sp³-hybridized carbons (Fsp3) is 0.412. The first-order valence-electron chi connectivity index (χ1n) is 7.77. The highest BCUT2D eigenvalue weighted by atomic mass is 35.5. The molecule has 124 valence electrons. The topological polar surface area (TPSA) is 59.0 Å². The summed E-state index contributed by atoms with van der Waals surface area (Å²) in [5.41, 5.74) is 3.43. The van der Waals surface area contributed by atoms with Crippen molar-refractivity contribution in [2.75, 3.05) is 5.32 Å². The van der Waals surface area contributed by atoms with Crippen LogP contribution in [0.3, 0.4) is 0 Å². The van der Waals surface area contributed by atoms with Crippen molar-refractivity contribution in [3.05, 3.63) is 46.2 Å². The molecule has 0 saturated heterocycles. The second kappa shape index (κ2) is 7.51. The van der Waals surface area contributed by atoms with Gasteiger partial charge in [-0.2, -0.15) is 5.10 Å². The van der Waals surface area contributed by atoms with Gasteiger partial charge >= 0.3 is 6.03 Å². The van der Waals surface area contributed by atoms with Crippen molar-refractivity contribution < 1.29 is 4.79 Å². The van der Waals surface area contributed by atoms with Crippen molar-refractivity contribution in [3.63, 3.8) is 0 Å². The minimum absolute atomic E-state index is 0.133. The van der Waals surface area contributed by atoms with Crippen molar-refractivity contribution >= 4 is 23.3 Å². The SMILES string of the molecule is CC[C@H](C)NC(=O)Nc1c(C)nn(Cc2ccccc2Cl)c1C. The van der Waals surface area contributed by atoms with Crippen LogP contribution in [0.15, 0.2) is 24.3 Å². The third-order valence-corrected chi connectivity index (χ3v) is 4.26. The maximum atomic E-state index is 12.0. The molecule has 0 aliphatic carbocycles. The summed E-state index contributed by atoms with van der Waals surface area (Å²) in [4.78, 5) is 12.0. The van der Waals surface area contributed by atoms with E-state index >= 15 is 0 Å². The fourth-order valence-corrected chi connectivity index (χ4v) is 2.49. The molecule has 6 heteroatoms. The number of halogens is 1. The van der Waals surface area contributed by atoms with Gasteiger partial charge in [0, 0.05) is 11.1 Å². The lowest BCUT2D eigenvalue weighted by molar-refractivity contribution is 0.249. The van der Waals surface area contributed by atoms with Crippen molar-refractivity contribution in [2.45, 2.75) is 46.7 Å². The van der Waals surface area contributed by atoms with Crippen molar-refractivity contribution in [3.8, 4) is 0 Å². The Bertz CT molecular complexity index is 696. The smallest absolute Gasteiger partial charge is 0.319 e. The number of anilines is 1. The summed E-state index contributed by atoms with van der Waals surface area (Å²) in [7, 11) is 0. The zero-order valence-electron chi connectivity index (χ0n) is 14.0. The molecule has 23 heavy (non-hydrogen) atoms. The number of hydrogen-bond acceptors (Lipinski definition) is 2. The fourth-order valence-electron chi connectivity index (χ4n) is 2.30. The molecule has 5 nitrogen and oxygen atoms in total. The number of benzene rings is 1. The minimum Gasteiger partial charge on any atom is -0.335 e. The van der Waals surface area contributed by atoms with E-state index in [0.717, 1.165) is 29.1 Å². The first kappa shape index (κ1) is 17.3. The number of nitrogens with zero attached hydrogens (tertiary/aromatic N) is 2. The van der Waals surface area contributed by atoms with Crippen LogP contribution in [0.5, 0.6) is 0 Å². The molecule has 0 aliphatic heterocycles. The lowest BCUT2D eigenvalue weighted by Crippen LogP contribution is -2.35. The zero-order valence-corrected chi connectivity index (χ0v) is 14.7. The van der Waals surface area contributed by atoms with Crippen LogP contribution < -0.4 is 10.6 Å². The summed E-state index contributed by atoms with van der Waals surface area (Å²) in [6.07, 6.45) is 0.886. The number of nitrogens with one attached hydrogen (secondary N) is 2. The van der Waals surface area contributed by atoms with Crippen LogP contribution in [0.2, 0.25) is 5.02 Å². The number of rotatable bonds is 5. The number of amides is 2. The molecule has 1 atom stereocenters. The maximum absolute atomic E-state index is 12.0. The molecule has 1 aromatic heterocycles. The van der Waals surface area contributed by atoms with Crippen LogP contribution in [0.25, 0.3) is 0 Å². The molecule has 2 aromatic rings. The Balaban J connectivity index is 2.16. The molecule has 2 rings (SSSR count). The Morgan fingerprint density at radius 3 is 2.70 bits per heavy atom. The van der Waals surface area contributed by atoms with Crippen LogP contribution >= 0.6 is 11.6 Å². The highest BCUT2D eigenvalue weighted by Crippen LogP contribution is 2.22. The van der Waals surface area contributed by atoms with Gasteiger partial charge < -0.3 is 10.6 Å². The standard InChI is InChI=1S/C17H23ClN4O/c1-5-11(2)19-17(23)20-16-12(3)21-22(13(16)4)10-14-8-6-7-9-15(14)18/h6-9,11H,5,10H2,1-4H3,(H2,19,20,23)/t11-/m0/s1. The highest BCUT2D eigenvalue weighted by Gasteiger charge is 2.15. The van der Waals surface area contributed by atoms with Crippen LogP contribution in [0.4, 0.5) is 10.5 Å². The average molecular weight is 335 g/mol. The second-order valence-corrected chi connectivity index (χ2v) is 6.11. The van der Waals surface area contributed by atoms with E-state index in [0.29, 0.717) is 11.6 Å². The van der Waals surface area contributed by atoms with E-state index < -0.39 is 0 Å². The van der Waals surface area contributed by atoms with Gasteiger partial charge in [0.05, 0.1) is 23.6 Å². The van der Waals surface area contributed by atoms with E-state index in [-0.39, 0.29) is 12.1 Å². The quantitative estimate of drug-likeness (QED) is 0.864. The number of carbonyl (C=O) groups is 1. The van der Waals surface area contributed by atoms with E-state index in [1.807, 2.05) is 56.6 Å². The Morgan fingerprint density at radius 1 is 1.35 bits per heavy atom. The van der Waals surface area contributed by atoms with E-state index in [1.54, 1.807) is 0 Å². The Hall–Kier alpha value is -2.01. The van der Waals surface area contributed by atoms with Crippen molar-refractivity contribution in [1.29, 1.82) is 0 Å². The lowest BCUT2D eigenvalue weighted by Gasteiger charge is -2.13. The van der Waals surface area contributed by atoms with Gasteiger partial charge in [0.1, 0.15) is 0 Å². The third-order valence-electron chi connectivity index (χ3n) is 3.89. The molecule has 0 unspecified atom stereocenters. The van der Waals surface area contributed by atoms with Crippen molar-refractivity contribution in [2.24, 2.45) is 0 Å². The van der Waals surface area contributed by atoms with Gasteiger partial charge in [-0.15, -0.1) is 0 Å². The number of carbonyl (C=O) groups excluding carboxylic acids is 1. The number of hydrogen-bond donors (Lipinski definition) is 2. The first-order valence-corrected chi connectivity index (χ1v) is 8.15. The van der Waals surface area contributed by atoms with E-state index in [4.69, 9.17) is 11.6 Å². The molecule has 2 N–H and O–H groups in total. The molecular weight excluding hydrogens is 312 g/mol. The Labute approximate surface area is 142 Å². The number of urea groups is 1. The Kier molecular flexibility index (Phi) is 5.66. The number of aromatic nitrogens is 2. The number of aryl methyl sites for hydroxylation is 1. The summed E-state index contributed by atoms with van der Waals surface area (Å²) in [6, 6.07) is 7.62. The zero-order chi connectivity index (χ0) is 17.0. The molecule has 0 aliphatic rings. The minimum atomic E-state index is -0.206. The van der Waals surface area contributed by atoms with Crippen molar-refractivity contribution in [1.82, 2.24) is 15.1 Å². The third kappa shape index (κ3) is 4.26. The van der Waals surface area contributed by atoms with Crippen LogP contribution in [0.1, 0.15) is 37.2 Å². The van der Waals surface area contributed by atoms with E-state index in [2.05, 4.69) is 15.7 Å². The van der Waals surface area contributed by atoms with Gasteiger partial charge in [-0.3, -0.25) is 4.68 Å². The molecule has 0 saturated carbocycles. The predicted molar refractivity (Wildman–Crippen MR) is 94.2 cm³/mol. The maximum Gasteiger partial charge on any atom is 0.319 e. The largest absolute Gasteiger partial charge is 0.335 e. The van der Waals surface area contributed by atoms with Crippen LogP contribution in [0, 0.1) is 13.8 Å². The summed E-state index contributed by atoms with van der Waals surface area (Å²) in [5.74, 6) is 0. The molecule has 0 bridgehead atoms. The average Bonchev–Trinajstić information content (AvgIpc) is 2.77. The second-order valence-electron chi connectivity index (χ2n) is 5.70. The van der Waals surface area contributed by atoms with Crippen LogP contribution in [-0.2, 0) is 6.54 Å². The molecule has 1 heterocycles. The molecule has 0 fully saturated rings. The first-order chi connectivity index (χ1) is 10.9. The van der Waals surface area contributed by atoms with Gasteiger partial charge in [-0.25, -0.2) is 4.79 Å². The summed E-state index contributed by atoms with van der Waals surface area (Å²) in [5, 5.41) is 11.0. The molecule has 2 amide bonds. The summed E-state index contributed by atoms with van der Waals surface area (Å²) >= 11 is 6.21. The van der Waals surface area contributed by atoms with Gasteiger partial charge in [0.2, 0.25) is 0 Å². The van der Waals surface area contributed by atoms with E-state index in [1.165, 1.54) is 0 Å². The van der Waals surface area contributed by atoms with Gasteiger partial charge in [-0.1, -0.05) is 36.7 Å². The normalized spacial score (nSPS) is 12.0. The molecule has 0 spiro atoms.